The van der Waals surface area contributed by atoms with Crippen LogP contribution in [0.2, 0.25) is 0 Å². The summed E-state index contributed by atoms with van der Waals surface area (Å²) in [6, 6.07) is 6.34. The summed E-state index contributed by atoms with van der Waals surface area (Å²) in [6.07, 6.45) is 0.704. The SMILES string of the molecule is CC(C)C[C@@H](NC(=O)C1CCN(c2ccccc2Br)C1=O)C(=O)O. The predicted molar refractivity (Wildman–Crippen MR) is 93.6 cm³/mol. The van der Waals surface area contributed by atoms with E-state index in [4.69, 9.17) is 0 Å². The largest absolute Gasteiger partial charge is 0.480 e. The summed E-state index contributed by atoms with van der Waals surface area (Å²) in [7, 11) is 0. The maximum absolute atomic E-state index is 12.6. The van der Waals surface area contributed by atoms with Crippen LogP contribution in [0.4, 0.5) is 5.69 Å². The second kappa shape index (κ2) is 7.79. The molecule has 24 heavy (non-hydrogen) atoms. The molecule has 2 amide bonds. The van der Waals surface area contributed by atoms with E-state index < -0.39 is 23.8 Å². The summed E-state index contributed by atoms with van der Waals surface area (Å²) >= 11 is 3.41. The summed E-state index contributed by atoms with van der Waals surface area (Å²) < 4.78 is 0.780. The molecule has 0 aliphatic carbocycles. The minimum Gasteiger partial charge on any atom is -0.480 e. The number of carboxylic acid groups (broad SMARTS) is 1. The summed E-state index contributed by atoms with van der Waals surface area (Å²) in [6.45, 7) is 4.20. The van der Waals surface area contributed by atoms with Crippen LogP contribution in [0.3, 0.4) is 0 Å². The maximum Gasteiger partial charge on any atom is 0.326 e. The molecule has 2 atom stereocenters. The Morgan fingerprint density at radius 2 is 2.04 bits per heavy atom. The van der Waals surface area contributed by atoms with Crippen molar-refractivity contribution in [3.05, 3.63) is 28.7 Å². The van der Waals surface area contributed by atoms with Gasteiger partial charge in [0.15, 0.2) is 0 Å². The number of rotatable bonds is 6. The Kier molecular flexibility index (Phi) is 5.99. The van der Waals surface area contributed by atoms with Crippen LogP contribution in [0, 0.1) is 11.8 Å². The number of nitrogens with zero attached hydrogens (tertiary/aromatic N) is 1. The number of hydrogen-bond donors (Lipinski definition) is 2. The third kappa shape index (κ3) is 4.14. The Labute approximate surface area is 149 Å². The topological polar surface area (TPSA) is 86.7 Å². The zero-order valence-corrected chi connectivity index (χ0v) is 15.2. The van der Waals surface area contributed by atoms with Gasteiger partial charge in [-0.05, 0) is 46.8 Å². The molecule has 1 saturated heterocycles. The van der Waals surface area contributed by atoms with Gasteiger partial charge in [0, 0.05) is 11.0 Å². The molecule has 1 aliphatic heterocycles. The first kappa shape index (κ1) is 18.4. The lowest BCUT2D eigenvalue weighted by Crippen LogP contribution is -2.46. The predicted octanol–water partition coefficient (Wildman–Crippen LogP) is 2.42. The molecular weight excluding hydrogens is 376 g/mol. The van der Waals surface area contributed by atoms with Gasteiger partial charge in [-0.25, -0.2) is 4.79 Å². The summed E-state index contributed by atoms with van der Waals surface area (Å²) in [5, 5.41) is 11.7. The van der Waals surface area contributed by atoms with Crippen LogP contribution >= 0.6 is 15.9 Å². The zero-order valence-electron chi connectivity index (χ0n) is 13.7. The van der Waals surface area contributed by atoms with Gasteiger partial charge >= 0.3 is 5.97 Å². The van der Waals surface area contributed by atoms with Gasteiger partial charge in [0.05, 0.1) is 5.69 Å². The van der Waals surface area contributed by atoms with Crippen molar-refractivity contribution in [3.63, 3.8) is 0 Å². The fraction of sp³-hybridized carbons (Fsp3) is 0.471. The van der Waals surface area contributed by atoms with Gasteiger partial charge in [0.25, 0.3) is 0 Å². The quantitative estimate of drug-likeness (QED) is 0.722. The molecule has 0 radical (unpaired) electrons. The molecule has 2 rings (SSSR count). The van der Waals surface area contributed by atoms with Gasteiger partial charge in [-0.3, -0.25) is 9.59 Å². The number of amides is 2. The van der Waals surface area contributed by atoms with Crippen LogP contribution in [0.5, 0.6) is 0 Å². The molecule has 1 aromatic carbocycles. The van der Waals surface area contributed by atoms with Gasteiger partial charge < -0.3 is 15.3 Å². The number of anilines is 1. The molecule has 0 bridgehead atoms. The van der Waals surface area contributed by atoms with Crippen molar-refractivity contribution < 1.29 is 19.5 Å². The summed E-state index contributed by atoms with van der Waals surface area (Å²) in [5.41, 5.74) is 0.717. The molecule has 7 heteroatoms. The molecule has 0 spiro atoms. The summed E-state index contributed by atoms with van der Waals surface area (Å²) in [5.74, 6) is -2.60. The van der Waals surface area contributed by atoms with E-state index in [1.807, 2.05) is 32.0 Å². The van der Waals surface area contributed by atoms with E-state index in [-0.39, 0.29) is 11.8 Å². The van der Waals surface area contributed by atoms with Crippen LogP contribution in [-0.2, 0) is 14.4 Å². The number of carbonyl (C=O) groups is 3. The van der Waals surface area contributed by atoms with Crippen LogP contribution in [0.15, 0.2) is 28.7 Å². The molecule has 1 heterocycles. The van der Waals surface area contributed by atoms with Gasteiger partial charge in [0.1, 0.15) is 12.0 Å². The second-order valence-electron chi connectivity index (χ2n) is 6.31. The first-order valence-electron chi connectivity index (χ1n) is 7.90. The number of hydrogen-bond acceptors (Lipinski definition) is 3. The van der Waals surface area contributed by atoms with E-state index in [2.05, 4.69) is 21.2 Å². The van der Waals surface area contributed by atoms with Crippen molar-refractivity contribution in [1.29, 1.82) is 0 Å². The van der Waals surface area contributed by atoms with Crippen molar-refractivity contribution in [2.24, 2.45) is 11.8 Å². The van der Waals surface area contributed by atoms with Crippen LogP contribution in [0.25, 0.3) is 0 Å². The third-order valence-corrected chi connectivity index (χ3v) is 4.66. The Morgan fingerprint density at radius 1 is 1.38 bits per heavy atom. The van der Waals surface area contributed by atoms with E-state index in [0.717, 1.165) is 10.2 Å². The van der Waals surface area contributed by atoms with Crippen molar-refractivity contribution in [3.8, 4) is 0 Å². The normalized spacial score (nSPS) is 18.8. The van der Waals surface area contributed by atoms with Crippen LogP contribution < -0.4 is 10.2 Å². The first-order valence-corrected chi connectivity index (χ1v) is 8.69. The third-order valence-electron chi connectivity index (χ3n) is 3.99. The van der Waals surface area contributed by atoms with Crippen molar-refractivity contribution in [1.82, 2.24) is 5.32 Å². The van der Waals surface area contributed by atoms with Crippen LogP contribution in [-0.4, -0.2) is 35.5 Å². The lowest BCUT2D eigenvalue weighted by atomic mass is 10.0. The van der Waals surface area contributed by atoms with Gasteiger partial charge in [-0.2, -0.15) is 0 Å². The van der Waals surface area contributed by atoms with Crippen molar-refractivity contribution in [2.45, 2.75) is 32.7 Å². The Balaban J connectivity index is 2.08. The molecule has 6 nitrogen and oxygen atoms in total. The van der Waals surface area contributed by atoms with E-state index >= 15 is 0 Å². The molecule has 1 unspecified atom stereocenters. The number of halogens is 1. The van der Waals surface area contributed by atoms with Crippen LogP contribution in [0.1, 0.15) is 26.7 Å². The minimum atomic E-state index is -1.08. The lowest BCUT2D eigenvalue weighted by molar-refractivity contribution is -0.144. The van der Waals surface area contributed by atoms with E-state index in [1.165, 1.54) is 0 Å². The van der Waals surface area contributed by atoms with Gasteiger partial charge in [0.2, 0.25) is 11.8 Å². The Hall–Kier alpha value is -1.89. The average Bonchev–Trinajstić information content (AvgIpc) is 2.88. The van der Waals surface area contributed by atoms with E-state index in [1.54, 1.807) is 11.0 Å². The highest BCUT2D eigenvalue weighted by Gasteiger charge is 2.39. The second-order valence-corrected chi connectivity index (χ2v) is 7.17. The number of benzene rings is 1. The van der Waals surface area contributed by atoms with E-state index in [0.29, 0.717) is 19.4 Å². The average molecular weight is 397 g/mol. The number of carboxylic acids is 1. The lowest BCUT2D eigenvalue weighted by Gasteiger charge is -2.20. The molecule has 130 valence electrons. The number of aliphatic carboxylic acids is 1. The fourth-order valence-electron chi connectivity index (χ4n) is 2.80. The maximum atomic E-state index is 12.6. The molecule has 1 aromatic rings. The van der Waals surface area contributed by atoms with Gasteiger partial charge in [-0.1, -0.05) is 26.0 Å². The standard InChI is InChI=1S/C17H21BrN2O4/c1-10(2)9-13(17(23)24)19-15(21)11-7-8-20(16(11)22)14-6-4-3-5-12(14)18/h3-6,10-11,13H,7-9H2,1-2H3,(H,19,21)(H,23,24)/t11?,13-/m1/s1. The summed E-state index contributed by atoms with van der Waals surface area (Å²) in [4.78, 5) is 37.8. The highest BCUT2D eigenvalue weighted by Crippen LogP contribution is 2.31. The first-order chi connectivity index (χ1) is 11.3. The highest BCUT2D eigenvalue weighted by atomic mass is 79.9. The molecule has 0 aromatic heterocycles. The Bertz CT molecular complexity index is 647. The molecular formula is C17H21BrN2O4. The number of para-hydroxylation sites is 1. The van der Waals surface area contributed by atoms with Crippen molar-refractivity contribution >= 4 is 39.4 Å². The zero-order chi connectivity index (χ0) is 17.9. The highest BCUT2D eigenvalue weighted by molar-refractivity contribution is 9.10. The molecule has 1 fully saturated rings. The minimum absolute atomic E-state index is 0.127. The molecule has 1 aliphatic rings. The number of carbonyl (C=O) groups excluding carboxylic acids is 2. The Morgan fingerprint density at radius 3 is 2.62 bits per heavy atom. The monoisotopic (exact) mass is 396 g/mol. The molecule has 2 N–H and O–H groups in total. The van der Waals surface area contributed by atoms with Gasteiger partial charge in [-0.15, -0.1) is 0 Å². The smallest absolute Gasteiger partial charge is 0.326 e. The van der Waals surface area contributed by atoms with E-state index in [9.17, 15) is 19.5 Å². The molecule has 0 saturated carbocycles. The number of nitrogens with one attached hydrogen (secondary N) is 1. The van der Waals surface area contributed by atoms with Crippen molar-refractivity contribution in [2.75, 3.05) is 11.4 Å². The fourth-order valence-corrected chi connectivity index (χ4v) is 3.30.